The van der Waals surface area contributed by atoms with Crippen LogP contribution in [0.3, 0.4) is 0 Å². The van der Waals surface area contributed by atoms with Crippen molar-refractivity contribution in [2.45, 2.75) is 32.2 Å². The topological polar surface area (TPSA) is 76.7 Å². The number of hydrogen-bond donors (Lipinski definition) is 2. The normalized spacial score (nSPS) is 35.7. The van der Waals surface area contributed by atoms with Crippen LogP contribution >= 0.6 is 0 Å². The van der Waals surface area contributed by atoms with Crippen LogP contribution in [0.25, 0.3) is 0 Å². The lowest BCUT2D eigenvalue weighted by Crippen LogP contribution is -2.44. The molecule has 0 saturated carbocycles. The molecule has 0 radical (unpaired) electrons. The van der Waals surface area contributed by atoms with Crippen LogP contribution in [0.1, 0.15) is 26.2 Å². The number of esters is 1. The lowest BCUT2D eigenvalue weighted by Gasteiger charge is -2.26. The first-order chi connectivity index (χ1) is 7.66. The average Bonchev–Trinajstić information content (AvgIpc) is 2.65. The quantitative estimate of drug-likeness (QED) is 0.627. The number of ether oxygens (including phenoxy) is 1. The summed E-state index contributed by atoms with van der Waals surface area (Å²) in [4.78, 5) is 15.9. The lowest BCUT2D eigenvalue weighted by atomic mass is 9.91. The summed E-state index contributed by atoms with van der Waals surface area (Å²) in [6.07, 6.45) is 3.05. The molecule has 2 aliphatic rings. The minimum absolute atomic E-state index is 0.0286. The van der Waals surface area contributed by atoms with E-state index in [1.165, 1.54) is 0 Å². The van der Waals surface area contributed by atoms with Crippen molar-refractivity contribution < 1.29 is 9.53 Å². The number of carbonyl (C=O) groups is 1. The smallest absolute Gasteiger partial charge is 0.311 e. The highest BCUT2D eigenvalue weighted by Gasteiger charge is 2.33. The van der Waals surface area contributed by atoms with E-state index in [4.69, 9.17) is 10.5 Å². The summed E-state index contributed by atoms with van der Waals surface area (Å²) in [5.41, 5.74) is 5.56. The van der Waals surface area contributed by atoms with E-state index in [-0.39, 0.29) is 17.9 Å². The van der Waals surface area contributed by atoms with Gasteiger partial charge in [-0.2, -0.15) is 0 Å². The van der Waals surface area contributed by atoms with Gasteiger partial charge in [0.25, 0.3) is 0 Å². The summed E-state index contributed by atoms with van der Waals surface area (Å²) < 4.78 is 5.28. The Bertz CT molecular complexity index is 304. The van der Waals surface area contributed by atoms with Gasteiger partial charge in [-0.05, 0) is 18.8 Å². The molecule has 0 aliphatic carbocycles. The van der Waals surface area contributed by atoms with Crippen LogP contribution in [-0.2, 0) is 9.53 Å². The van der Waals surface area contributed by atoms with Crippen LogP contribution in [0.4, 0.5) is 0 Å². The minimum Gasteiger partial charge on any atom is -0.465 e. The summed E-state index contributed by atoms with van der Waals surface area (Å²) in [7, 11) is 0. The van der Waals surface area contributed by atoms with Gasteiger partial charge in [0.15, 0.2) is 5.96 Å². The van der Waals surface area contributed by atoms with Gasteiger partial charge < -0.3 is 15.8 Å². The van der Waals surface area contributed by atoms with Crippen LogP contribution in [0, 0.1) is 11.8 Å². The van der Waals surface area contributed by atoms with Gasteiger partial charge in [-0.3, -0.25) is 9.79 Å². The maximum Gasteiger partial charge on any atom is 0.311 e. The standard InChI is InChI=1S/C11H19N3O2/c1-7-3-2-4-8(10(15)16-6-7)9-5-13-11(12)14-9/h7-9H,2-6H2,1H3,(H3,12,13,14)/t7-,8+,9-/m1/s1. The predicted octanol–water partition coefficient (Wildman–Crippen LogP) is 0.252. The van der Waals surface area contributed by atoms with Crippen molar-refractivity contribution in [3.63, 3.8) is 0 Å². The molecule has 1 saturated heterocycles. The molecule has 2 aliphatic heterocycles. The molecule has 1 fully saturated rings. The number of aliphatic imine (C=N–C) groups is 1. The molecule has 0 aromatic rings. The van der Waals surface area contributed by atoms with Crippen LogP contribution in [-0.4, -0.2) is 31.1 Å². The Labute approximate surface area is 95.4 Å². The third-order valence-electron chi connectivity index (χ3n) is 3.30. The molecule has 2 rings (SSSR count). The molecule has 3 atom stereocenters. The number of carbonyl (C=O) groups excluding carboxylic acids is 1. The first kappa shape index (κ1) is 11.2. The molecular weight excluding hydrogens is 206 g/mol. The molecule has 2 heterocycles. The van der Waals surface area contributed by atoms with E-state index in [1.807, 2.05) is 0 Å². The third-order valence-corrected chi connectivity index (χ3v) is 3.30. The third kappa shape index (κ3) is 2.46. The Morgan fingerprint density at radius 2 is 2.31 bits per heavy atom. The minimum atomic E-state index is -0.103. The molecule has 0 aromatic carbocycles. The van der Waals surface area contributed by atoms with Gasteiger partial charge in [-0.15, -0.1) is 0 Å². The summed E-state index contributed by atoms with van der Waals surface area (Å²) in [5.74, 6) is 0.710. The highest BCUT2D eigenvalue weighted by Crippen LogP contribution is 2.22. The molecule has 16 heavy (non-hydrogen) atoms. The number of hydrogen-bond acceptors (Lipinski definition) is 5. The lowest BCUT2D eigenvalue weighted by molar-refractivity contribution is -0.152. The molecule has 0 spiro atoms. The zero-order valence-electron chi connectivity index (χ0n) is 9.61. The first-order valence-corrected chi connectivity index (χ1v) is 5.90. The Hall–Kier alpha value is -1.26. The number of nitrogens with two attached hydrogens (primary N) is 1. The van der Waals surface area contributed by atoms with Crippen LogP contribution in [0.15, 0.2) is 4.99 Å². The zero-order valence-corrected chi connectivity index (χ0v) is 9.61. The molecule has 0 bridgehead atoms. The molecule has 5 nitrogen and oxygen atoms in total. The molecule has 3 N–H and O–H groups in total. The molecule has 0 amide bonds. The Morgan fingerprint density at radius 3 is 3.00 bits per heavy atom. The summed E-state index contributed by atoms with van der Waals surface area (Å²) in [5, 5.41) is 3.04. The van der Waals surface area contributed by atoms with Crippen molar-refractivity contribution in [3.8, 4) is 0 Å². The summed E-state index contributed by atoms with van der Waals surface area (Å²) in [6.45, 7) is 3.24. The van der Waals surface area contributed by atoms with Crippen LogP contribution in [0.5, 0.6) is 0 Å². The number of nitrogens with one attached hydrogen (secondary N) is 1. The SMILES string of the molecule is C[C@@H]1CCC[C@@H]([C@H]2CN=C(N)N2)C(=O)OC1. The number of cyclic esters (lactones) is 1. The maximum atomic E-state index is 11.9. The zero-order chi connectivity index (χ0) is 11.5. The molecule has 0 unspecified atom stereocenters. The monoisotopic (exact) mass is 225 g/mol. The molecule has 90 valence electrons. The van der Waals surface area contributed by atoms with Gasteiger partial charge in [0.1, 0.15) is 0 Å². The van der Waals surface area contributed by atoms with Gasteiger partial charge in [-0.25, -0.2) is 0 Å². The van der Waals surface area contributed by atoms with Gasteiger partial charge in [-0.1, -0.05) is 13.3 Å². The number of nitrogens with zero attached hydrogens (tertiary/aromatic N) is 1. The largest absolute Gasteiger partial charge is 0.465 e. The van der Waals surface area contributed by atoms with Crippen molar-refractivity contribution in [2.75, 3.05) is 13.2 Å². The van der Waals surface area contributed by atoms with Crippen LogP contribution in [0.2, 0.25) is 0 Å². The van der Waals surface area contributed by atoms with Gasteiger partial charge in [0.05, 0.1) is 25.1 Å². The van der Waals surface area contributed by atoms with Gasteiger partial charge in [0, 0.05) is 0 Å². The fourth-order valence-electron chi connectivity index (χ4n) is 2.29. The van der Waals surface area contributed by atoms with Crippen molar-refractivity contribution in [3.05, 3.63) is 0 Å². The van der Waals surface area contributed by atoms with Crippen molar-refractivity contribution in [1.29, 1.82) is 0 Å². The molecular formula is C11H19N3O2. The fraction of sp³-hybridized carbons (Fsp3) is 0.818. The van der Waals surface area contributed by atoms with E-state index in [1.54, 1.807) is 0 Å². The highest BCUT2D eigenvalue weighted by atomic mass is 16.5. The predicted molar refractivity (Wildman–Crippen MR) is 60.9 cm³/mol. The van der Waals surface area contributed by atoms with E-state index in [9.17, 15) is 4.79 Å². The summed E-state index contributed by atoms with van der Waals surface area (Å²) in [6, 6.07) is 0.0286. The van der Waals surface area contributed by atoms with Crippen molar-refractivity contribution in [1.82, 2.24) is 5.32 Å². The second kappa shape index (κ2) is 4.72. The van der Waals surface area contributed by atoms with Crippen LogP contribution < -0.4 is 11.1 Å². The first-order valence-electron chi connectivity index (χ1n) is 5.90. The van der Waals surface area contributed by atoms with Crippen molar-refractivity contribution >= 4 is 11.9 Å². The van der Waals surface area contributed by atoms with Gasteiger partial charge in [0.2, 0.25) is 0 Å². The van der Waals surface area contributed by atoms with E-state index < -0.39 is 0 Å². The maximum absolute atomic E-state index is 11.9. The Balaban J connectivity index is 1.95. The number of rotatable bonds is 1. The Kier molecular flexibility index (Phi) is 3.31. The van der Waals surface area contributed by atoms with Crippen molar-refractivity contribution in [2.24, 2.45) is 22.6 Å². The number of guanidine groups is 1. The summed E-state index contributed by atoms with van der Waals surface area (Å²) >= 11 is 0. The van der Waals surface area contributed by atoms with E-state index in [0.29, 0.717) is 25.0 Å². The second-order valence-electron chi connectivity index (χ2n) is 4.75. The van der Waals surface area contributed by atoms with E-state index >= 15 is 0 Å². The fourth-order valence-corrected chi connectivity index (χ4v) is 2.29. The average molecular weight is 225 g/mol. The van der Waals surface area contributed by atoms with E-state index in [0.717, 1.165) is 19.3 Å². The molecule has 5 heteroatoms. The van der Waals surface area contributed by atoms with E-state index in [2.05, 4.69) is 17.2 Å². The molecule has 0 aromatic heterocycles. The Morgan fingerprint density at radius 1 is 1.50 bits per heavy atom. The second-order valence-corrected chi connectivity index (χ2v) is 4.75. The van der Waals surface area contributed by atoms with Gasteiger partial charge >= 0.3 is 5.97 Å². The highest BCUT2D eigenvalue weighted by molar-refractivity contribution is 5.82.